The molecule has 1 aliphatic heterocycles. The first-order chi connectivity index (χ1) is 9.49. The number of hydrogen-bond acceptors (Lipinski definition) is 2. The fourth-order valence-electron chi connectivity index (χ4n) is 2.70. The zero-order valence-corrected chi connectivity index (χ0v) is 11.7. The summed E-state index contributed by atoms with van der Waals surface area (Å²) < 4.78 is 27.3. The smallest absolute Gasteiger partial charge is 0.223 e. The van der Waals surface area contributed by atoms with E-state index in [1.807, 2.05) is 6.92 Å². The van der Waals surface area contributed by atoms with E-state index in [1.54, 1.807) is 6.92 Å². The van der Waals surface area contributed by atoms with Crippen LogP contribution in [0, 0.1) is 17.6 Å². The van der Waals surface area contributed by atoms with Gasteiger partial charge in [0.2, 0.25) is 5.91 Å². The van der Waals surface area contributed by atoms with E-state index in [2.05, 4.69) is 10.6 Å². The second-order valence-corrected chi connectivity index (χ2v) is 5.44. The molecular weight excluding hydrogens is 262 g/mol. The third-order valence-corrected chi connectivity index (χ3v) is 3.79. The molecular formula is C15H20F2N2O. The van der Waals surface area contributed by atoms with Crippen LogP contribution in [0.1, 0.15) is 38.3 Å². The molecule has 0 saturated carbocycles. The summed E-state index contributed by atoms with van der Waals surface area (Å²) in [5.41, 5.74) is -0.0807. The highest BCUT2D eigenvalue weighted by Crippen LogP contribution is 2.22. The van der Waals surface area contributed by atoms with Gasteiger partial charge in [-0.1, -0.05) is 6.07 Å². The normalized spacial score (nSPS) is 24.2. The molecule has 3 nitrogen and oxygen atoms in total. The quantitative estimate of drug-likeness (QED) is 0.894. The first kappa shape index (κ1) is 14.9. The highest BCUT2D eigenvalue weighted by atomic mass is 19.1. The highest BCUT2D eigenvalue weighted by molar-refractivity contribution is 5.79. The highest BCUT2D eigenvalue weighted by Gasteiger charge is 2.27. The van der Waals surface area contributed by atoms with Crippen LogP contribution in [-0.4, -0.2) is 18.5 Å². The summed E-state index contributed by atoms with van der Waals surface area (Å²) >= 11 is 0. The number of carbonyl (C=O) groups excluding carboxylic acids is 1. The molecule has 0 aromatic heterocycles. The Bertz CT molecular complexity index is 473. The van der Waals surface area contributed by atoms with Gasteiger partial charge >= 0.3 is 0 Å². The molecule has 0 radical (unpaired) electrons. The maximum Gasteiger partial charge on any atom is 0.223 e. The van der Waals surface area contributed by atoms with E-state index in [-0.39, 0.29) is 17.4 Å². The van der Waals surface area contributed by atoms with Gasteiger partial charge in [0.25, 0.3) is 0 Å². The summed E-state index contributed by atoms with van der Waals surface area (Å²) in [6.45, 7) is 4.42. The molecule has 0 aliphatic carbocycles. The van der Waals surface area contributed by atoms with Gasteiger partial charge in [-0.05, 0) is 45.4 Å². The average molecular weight is 282 g/mol. The summed E-state index contributed by atoms with van der Waals surface area (Å²) in [6, 6.07) is 3.34. The lowest BCUT2D eigenvalue weighted by atomic mass is 9.92. The van der Waals surface area contributed by atoms with Crippen LogP contribution in [0.25, 0.3) is 0 Å². The monoisotopic (exact) mass is 282 g/mol. The van der Waals surface area contributed by atoms with Gasteiger partial charge in [0, 0.05) is 17.5 Å². The summed E-state index contributed by atoms with van der Waals surface area (Å²) in [5, 5.41) is 5.99. The third-order valence-electron chi connectivity index (χ3n) is 3.79. The number of halogens is 2. The Morgan fingerprint density at radius 2 is 2.05 bits per heavy atom. The maximum absolute atomic E-state index is 13.7. The summed E-state index contributed by atoms with van der Waals surface area (Å²) in [5.74, 6) is -1.48. The van der Waals surface area contributed by atoms with E-state index < -0.39 is 17.7 Å². The number of nitrogens with one attached hydrogen (secondary N) is 2. The Morgan fingerprint density at radius 1 is 1.40 bits per heavy atom. The van der Waals surface area contributed by atoms with Crippen LogP contribution in [0.2, 0.25) is 0 Å². The number of rotatable bonds is 3. The van der Waals surface area contributed by atoms with Crippen LogP contribution in [0.15, 0.2) is 18.2 Å². The predicted octanol–water partition coefficient (Wildman–Crippen LogP) is 2.53. The van der Waals surface area contributed by atoms with Crippen LogP contribution < -0.4 is 10.6 Å². The third kappa shape index (κ3) is 3.33. The van der Waals surface area contributed by atoms with Crippen LogP contribution >= 0.6 is 0 Å². The van der Waals surface area contributed by atoms with Gasteiger partial charge in [0.1, 0.15) is 11.6 Å². The molecule has 3 atom stereocenters. The topological polar surface area (TPSA) is 41.1 Å². The molecule has 1 aliphatic rings. The van der Waals surface area contributed by atoms with Crippen molar-refractivity contribution < 1.29 is 13.6 Å². The minimum absolute atomic E-state index is 0.0807. The SMILES string of the molecule is CC1CC(C(=O)NC(C)c2c(F)cccc2F)CCN1. The van der Waals surface area contributed by atoms with Gasteiger partial charge in [-0.25, -0.2) is 8.78 Å². The van der Waals surface area contributed by atoms with E-state index in [4.69, 9.17) is 0 Å². The Kier molecular flexibility index (Phi) is 4.70. The average Bonchev–Trinajstić information content (AvgIpc) is 2.38. The predicted molar refractivity (Wildman–Crippen MR) is 73.1 cm³/mol. The van der Waals surface area contributed by atoms with Gasteiger partial charge in [0.05, 0.1) is 6.04 Å². The van der Waals surface area contributed by atoms with Crippen LogP contribution in [0.4, 0.5) is 8.78 Å². The van der Waals surface area contributed by atoms with Crippen molar-refractivity contribution in [2.45, 2.75) is 38.8 Å². The second-order valence-electron chi connectivity index (χ2n) is 5.44. The Labute approximate surface area is 117 Å². The standard InChI is InChI=1S/C15H20F2N2O/c1-9-8-11(6-7-18-9)15(20)19-10(2)14-12(16)4-3-5-13(14)17/h3-5,9-11,18H,6-8H2,1-2H3,(H,19,20). The van der Waals surface area contributed by atoms with Crippen molar-refractivity contribution in [1.29, 1.82) is 0 Å². The van der Waals surface area contributed by atoms with Crippen LogP contribution in [0.3, 0.4) is 0 Å². The molecule has 1 fully saturated rings. The lowest BCUT2D eigenvalue weighted by Gasteiger charge is -2.28. The van der Waals surface area contributed by atoms with Crippen molar-refractivity contribution in [2.75, 3.05) is 6.54 Å². The molecule has 110 valence electrons. The first-order valence-corrected chi connectivity index (χ1v) is 6.96. The zero-order valence-electron chi connectivity index (χ0n) is 11.7. The number of benzene rings is 1. The lowest BCUT2D eigenvalue weighted by Crippen LogP contribution is -2.43. The van der Waals surface area contributed by atoms with Crippen LogP contribution in [-0.2, 0) is 4.79 Å². The largest absolute Gasteiger partial charge is 0.349 e. The molecule has 3 unspecified atom stereocenters. The lowest BCUT2D eigenvalue weighted by molar-refractivity contribution is -0.126. The summed E-state index contributed by atoms with van der Waals surface area (Å²) in [6.07, 6.45) is 1.50. The molecule has 0 bridgehead atoms. The Morgan fingerprint density at radius 3 is 2.65 bits per heavy atom. The van der Waals surface area contributed by atoms with Gasteiger partial charge in [-0.15, -0.1) is 0 Å². The van der Waals surface area contributed by atoms with E-state index in [0.29, 0.717) is 6.04 Å². The summed E-state index contributed by atoms with van der Waals surface area (Å²) in [4.78, 5) is 12.2. The van der Waals surface area contributed by atoms with Gasteiger partial charge in [0.15, 0.2) is 0 Å². The van der Waals surface area contributed by atoms with Crippen LogP contribution in [0.5, 0.6) is 0 Å². The number of carbonyl (C=O) groups is 1. The van der Waals surface area contributed by atoms with Gasteiger partial charge < -0.3 is 10.6 Å². The number of hydrogen-bond donors (Lipinski definition) is 2. The van der Waals surface area contributed by atoms with E-state index in [1.165, 1.54) is 18.2 Å². The van der Waals surface area contributed by atoms with Crippen molar-refractivity contribution in [1.82, 2.24) is 10.6 Å². The van der Waals surface area contributed by atoms with E-state index >= 15 is 0 Å². The molecule has 1 saturated heterocycles. The fraction of sp³-hybridized carbons (Fsp3) is 0.533. The molecule has 2 N–H and O–H groups in total. The molecule has 5 heteroatoms. The molecule has 1 amide bonds. The zero-order chi connectivity index (χ0) is 14.7. The Balaban J connectivity index is 2.04. The van der Waals surface area contributed by atoms with Crippen molar-refractivity contribution in [3.05, 3.63) is 35.4 Å². The number of piperidine rings is 1. The van der Waals surface area contributed by atoms with E-state index in [9.17, 15) is 13.6 Å². The molecule has 0 spiro atoms. The second kappa shape index (κ2) is 6.31. The van der Waals surface area contributed by atoms with E-state index in [0.717, 1.165) is 19.4 Å². The van der Waals surface area contributed by atoms with Crippen molar-refractivity contribution in [2.24, 2.45) is 5.92 Å². The van der Waals surface area contributed by atoms with Crippen molar-refractivity contribution >= 4 is 5.91 Å². The Hall–Kier alpha value is -1.49. The fourth-order valence-corrected chi connectivity index (χ4v) is 2.70. The van der Waals surface area contributed by atoms with Crippen molar-refractivity contribution in [3.8, 4) is 0 Å². The molecule has 20 heavy (non-hydrogen) atoms. The van der Waals surface area contributed by atoms with Gasteiger partial charge in [-0.2, -0.15) is 0 Å². The van der Waals surface area contributed by atoms with Gasteiger partial charge in [-0.3, -0.25) is 4.79 Å². The maximum atomic E-state index is 13.7. The molecule has 1 aromatic carbocycles. The first-order valence-electron chi connectivity index (χ1n) is 6.96. The summed E-state index contributed by atoms with van der Waals surface area (Å²) in [7, 11) is 0. The molecule has 1 heterocycles. The minimum atomic E-state index is -0.672. The van der Waals surface area contributed by atoms with Crippen molar-refractivity contribution in [3.63, 3.8) is 0 Å². The number of amides is 1. The molecule has 2 rings (SSSR count). The molecule has 1 aromatic rings. The minimum Gasteiger partial charge on any atom is -0.349 e.